The van der Waals surface area contributed by atoms with Crippen molar-refractivity contribution in [3.05, 3.63) is 11.9 Å². The third kappa shape index (κ3) is 4.69. The summed E-state index contributed by atoms with van der Waals surface area (Å²) in [5, 5.41) is 3.37. The number of hydrogen-bond donors (Lipinski definition) is 1. The Morgan fingerprint density at radius 2 is 2.00 bits per heavy atom. The van der Waals surface area contributed by atoms with Gasteiger partial charge >= 0.3 is 6.18 Å². The third-order valence-electron chi connectivity index (χ3n) is 2.28. The molecule has 0 aliphatic heterocycles. The van der Waals surface area contributed by atoms with Crippen LogP contribution in [0.3, 0.4) is 0 Å². The van der Waals surface area contributed by atoms with Crippen molar-refractivity contribution in [1.29, 1.82) is 0 Å². The van der Waals surface area contributed by atoms with E-state index >= 15 is 0 Å². The van der Waals surface area contributed by atoms with Gasteiger partial charge in [-0.05, 0) is 6.04 Å². The predicted octanol–water partition coefficient (Wildman–Crippen LogP) is 2.80. The van der Waals surface area contributed by atoms with Crippen molar-refractivity contribution < 1.29 is 17.9 Å². The second-order valence-corrected chi connectivity index (χ2v) is 10.9. The summed E-state index contributed by atoms with van der Waals surface area (Å²) in [5.74, 6) is 0. The monoisotopic (exact) mass is 281 g/mol. The minimum absolute atomic E-state index is 0.00917. The second kappa shape index (κ2) is 5.31. The lowest BCUT2D eigenvalue weighted by molar-refractivity contribution is -0.141. The SMILES string of the molecule is C[Si](C)(C)CCOCn1cc(N)c(C(F)(F)F)n1. The Morgan fingerprint density at radius 3 is 2.44 bits per heavy atom. The quantitative estimate of drug-likeness (QED) is 0.667. The van der Waals surface area contributed by atoms with Gasteiger partial charge in [0.1, 0.15) is 6.73 Å². The van der Waals surface area contributed by atoms with E-state index in [1.54, 1.807) is 0 Å². The number of halogens is 3. The zero-order valence-electron chi connectivity index (χ0n) is 10.7. The summed E-state index contributed by atoms with van der Waals surface area (Å²) in [6, 6.07) is 0.954. The summed E-state index contributed by atoms with van der Waals surface area (Å²) in [6.45, 7) is 7.11. The number of rotatable bonds is 5. The standard InChI is InChI=1S/C10H18F3N3OSi/c1-18(2,3)5-4-17-7-16-6-8(14)9(15-16)10(11,12)13/h6H,4-5,7,14H2,1-3H3. The first-order valence-electron chi connectivity index (χ1n) is 5.57. The molecule has 1 aromatic rings. The van der Waals surface area contributed by atoms with Crippen LogP contribution in [0, 0.1) is 0 Å². The number of ether oxygens (including phenoxy) is 1. The first-order valence-corrected chi connectivity index (χ1v) is 9.28. The molecule has 0 radical (unpaired) electrons. The van der Waals surface area contributed by atoms with Crippen LogP contribution in [0.1, 0.15) is 5.69 Å². The van der Waals surface area contributed by atoms with Gasteiger partial charge in [0.2, 0.25) is 0 Å². The number of anilines is 1. The maximum absolute atomic E-state index is 12.4. The first kappa shape index (κ1) is 15.0. The highest BCUT2D eigenvalue weighted by atomic mass is 28.3. The predicted molar refractivity (Wildman–Crippen MR) is 65.7 cm³/mol. The zero-order valence-corrected chi connectivity index (χ0v) is 11.7. The lowest BCUT2D eigenvalue weighted by Crippen LogP contribution is -2.22. The molecule has 1 heterocycles. The molecule has 0 aromatic carbocycles. The van der Waals surface area contributed by atoms with E-state index in [0.29, 0.717) is 6.61 Å². The Bertz CT molecular complexity index is 398. The lowest BCUT2D eigenvalue weighted by atomic mass is 10.4. The van der Waals surface area contributed by atoms with Crippen LogP contribution in [0.5, 0.6) is 0 Å². The minimum Gasteiger partial charge on any atom is -0.396 e. The van der Waals surface area contributed by atoms with Crippen molar-refractivity contribution in [2.45, 2.75) is 38.6 Å². The van der Waals surface area contributed by atoms with E-state index in [4.69, 9.17) is 10.5 Å². The fourth-order valence-electron chi connectivity index (χ4n) is 1.26. The van der Waals surface area contributed by atoms with Crippen LogP contribution in [-0.4, -0.2) is 24.5 Å². The molecule has 0 fully saturated rings. The molecule has 1 rings (SSSR count). The van der Waals surface area contributed by atoms with E-state index in [2.05, 4.69) is 24.7 Å². The Labute approximate surface area is 105 Å². The molecule has 2 N–H and O–H groups in total. The second-order valence-electron chi connectivity index (χ2n) is 5.32. The van der Waals surface area contributed by atoms with Crippen LogP contribution < -0.4 is 5.73 Å². The highest BCUT2D eigenvalue weighted by Gasteiger charge is 2.36. The van der Waals surface area contributed by atoms with E-state index in [1.807, 2.05) is 0 Å². The molecule has 0 amide bonds. The van der Waals surface area contributed by atoms with Gasteiger partial charge in [-0.2, -0.15) is 18.3 Å². The highest BCUT2D eigenvalue weighted by molar-refractivity contribution is 6.76. The van der Waals surface area contributed by atoms with Gasteiger partial charge < -0.3 is 10.5 Å². The smallest absolute Gasteiger partial charge is 0.396 e. The molecular weight excluding hydrogens is 263 g/mol. The molecular formula is C10H18F3N3OSi. The van der Waals surface area contributed by atoms with Gasteiger partial charge in [0, 0.05) is 14.7 Å². The number of alkyl halides is 3. The summed E-state index contributed by atoms with van der Waals surface area (Å²) in [5.41, 5.74) is 3.81. The molecule has 0 aliphatic rings. The molecule has 8 heteroatoms. The maximum Gasteiger partial charge on any atom is 0.437 e. The summed E-state index contributed by atoms with van der Waals surface area (Å²) < 4.78 is 43.6. The van der Waals surface area contributed by atoms with Gasteiger partial charge in [-0.3, -0.25) is 0 Å². The van der Waals surface area contributed by atoms with E-state index in [-0.39, 0.29) is 12.4 Å². The number of nitrogen functional groups attached to an aromatic ring is 1. The molecule has 0 unspecified atom stereocenters. The Morgan fingerprint density at radius 1 is 1.39 bits per heavy atom. The Balaban J connectivity index is 2.50. The molecule has 4 nitrogen and oxygen atoms in total. The molecule has 0 bridgehead atoms. The van der Waals surface area contributed by atoms with Gasteiger partial charge in [-0.1, -0.05) is 19.6 Å². The van der Waals surface area contributed by atoms with Crippen LogP contribution in [-0.2, 0) is 17.6 Å². The fourth-order valence-corrected chi connectivity index (χ4v) is 2.02. The van der Waals surface area contributed by atoms with E-state index < -0.39 is 19.9 Å². The summed E-state index contributed by atoms with van der Waals surface area (Å²) >= 11 is 0. The first-order chi connectivity index (χ1) is 8.09. The minimum atomic E-state index is -4.52. The average Bonchev–Trinajstić information content (AvgIpc) is 2.52. The van der Waals surface area contributed by atoms with Crippen molar-refractivity contribution in [3.8, 4) is 0 Å². The zero-order chi connectivity index (χ0) is 14.0. The van der Waals surface area contributed by atoms with Gasteiger partial charge in [0.05, 0.1) is 11.9 Å². The molecule has 0 aliphatic carbocycles. The van der Waals surface area contributed by atoms with Crippen LogP contribution >= 0.6 is 0 Å². The molecule has 18 heavy (non-hydrogen) atoms. The van der Waals surface area contributed by atoms with Crippen LogP contribution in [0.2, 0.25) is 25.7 Å². The van der Waals surface area contributed by atoms with Gasteiger partial charge in [0.15, 0.2) is 5.69 Å². The van der Waals surface area contributed by atoms with Crippen LogP contribution in [0.4, 0.5) is 18.9 Å². The van der Waals surface area contributed by atoms with E-state index in [1.165, 1.54) is 0 Å². The Hall–Kier alpha value is -1.02. The highest BCUT2D eigenvalue weighted by Crippen LogP contribution is 2.31. The van der Waals surface area contributed by atoms with Crippen molar-refractivity contribution in [2.24, 2.45) is 0 Å². The molecule has 0 saturated heterocycles. The van der Waals surface area contributed by atoms with Crippen LogP contribution in [0.25, 0.3) is 0 Å². The summed E-state index contributed by atoms with van der Waals surface area (Å²) in [4.78, 5) is 0. The summed E-state index contributed by atoms with van der Waals surface area (Å²) in [6.07, 6.45) is -3.38. The van der Waals surface area contributed by atoms with Crippen LogP contribution in [0.15, 0.2) is 6.20 Å². The fraction of sp³-hybridized carbons (Fsp3) is 0.700. The largest absolute Gasteiger partial charge is 0.437 e. The van der Waals surface area contributed by atoms with Gasteiger partial charge in [-0.25, -0.2) is 4.68 Å². The van der Waals surface area contributed by atoms with E-state index in [9.17, 15) is 13.2 Å². The van der Waals surface area contributed by atoms with Gasteiger partial charge in [-0.15, -0.1) is 0 Å². The molecule has 1 aromatic heterocycles. The van der Waals surface area contributed by atoms with E-state index in [0.717, 1.165) is 16.9 Å². The molecule has 104 valence electrons. The van der Waals surface area contributed by atoms with Crippen molar-refractivity contribution in [1.82, 2.24) is 9.78 Å². The summed E-state index contributed by atoms with van der Waals surface area (Å²) in [7, 11) is -1.19. The molecule has 0 spiro atoms. The molecule has 0 atom stereocenters. The topological polar surface area (TPSA) is 53.1 Å². The third-order valence-corrected chi connectivity index (χ3v) is 3.98. The lowest BCUT2D eigenvalue weighted by Gasteiger charge is -2.15. The average molecular weight is 281 g/mol. The number of hydrogen-bond acceptors (Lipinski definition) is 3. The number of nitrogens with two attached hydrogens (primary N) is 1. The van der Waals surface area contributed by atoms with Crippen molar-refractivity contribution in [3.63, 3.8) is 0 Å². The number of nitrogens with zero attached hydrogens (tertiary/aromatic N) is 2. The normalized spacial score (nSPS) is 13.0. The van der Waals surface area contributed by atoms with Crippen molar-refractivity contribution in [2.75, 3.05) is 12.3 Å². The number of aromatic nitrogens is 2. The maximum atomic E-state index is 12.4. The van der Waals surface area contributed by atoms with Gasteiger partial charge in [0.25, 0.3) is 0 Å². The Kier molecular flexibility index (Phi) is 4.44. The molecule has 0 saturated carbocycles. The van der Waals surface area contributed by atoms with Crippen molar-refractivity contribution >= 4 is 13.8 Å².